The van der Waals surface area contributed by atoms with Crippen LogP contribution in [0.4, 0.5) is 13.6 Å². The molecule has 0 aromatic rings. The maximum Gasteiger partial charge on any atom is 0.410 e. The Kier molecular flexibility index (Phi) is 3.42. The van der Waals surface area contributed by atoms with Gasteiger partial charge in [-0.15, -0.1) is 0 Å². The van der Waals surface area contributed by atoms with Gasteiger partial charge in [-0.05, 0) is 20.8 Å². The Balaban J connectivity index is 2.62. The molecule has 0 unspecified atom stereocenters. The molecule has 0 saturated carbocycles. The van der Waals surface area contributed by atoms with Crippen LogP contribution in [-0.2, 0) is 4.74 Å². The van der Waals surface area contributed by atoms with E-state index in [0.717, 1.165) is 4.90 Å². The van der Waals surface area contributed by atoms with E-state index in [0.29, 0.717) is 0 Å². The summed E-state index contributed by atoms with van der Waals surface area (Å²) in [7, 11) is 0. The lowest BCUT2D eigenvalue weighted by Gasteiger charge is -2.24. The minimum absolute atomic E-state index is 0.168. The molecule has 1 aliphatic rings. The smallest absolute Gasteiger partial charge is 0.410 e. The van der Waals surface area contributed by atoms with E-state index in [1.807, 2.05) is 0 Å². The highest BCUT2D eigenvalue weighted by molar-refractivity contribution is 5.68. The van der Waals surface area contributed by atoms with Crippen LogP contribution in [0.2, 0.25) is 0 Å². The van der Waals surface area contributed by atoms with Crippen molar-refractivity contribution in [3.05, 3.63) is 0 Å². The standard InChI is InChI=1S/C10H17F2NO3/c1-9(2,3)16-8(15)13-4-7(5-14)10(11,12)6-13/h7,14H,4-6H2,1-3H3/t7-/m0/s1. The summed E-state index contributed by atoms with van der Waals surface area (Å²) in [6, 6.07) is 0. The van der Waals surface area contributed by atoms with E-state index in [1.54, 1.807) is 20.8 Å². The van der Waals surface area contributed by atoms with Crippen LogP contribution < -0.4 is 0 Å². The zero-order valence-electron chi connectivity index (χ0n) is 9.67. The van der Waals surface area contributed by atoms with E-state index < -0.39 is 36.7 Å². The zero-order valence-corrected chi connectivity index (χ0v) is 9.67. The molecule has 0 aliphatic carbocycles. The summed E-state index contributed by atoms with van der Waals surface area (Å²) in [5, 5.41) is 8.77. The van der Waals surface area contributed by atoms with Crippen LogP contribution in [0, 0.1) is 5.92 Å². The molecule has 0 radical (unpaired) electrons. The molecule has 1 N–H and O–H groups in total. The van der Waals surface area contributed by atoms with Crippen molar-refractivity contribution in [2.45, 2.75) is 32.3 Å². The van der Waals surface area contributed by atoms with Crippen molar-refractivity contribution in [3.8, 4) is 0 Å². The minimum atomic E-state index is -3.04. The lowest BCUT2D eigenvalue weighted by atomic mass is 10.1. The fraction of sp³-hybridized carbons (Fsp3) is 0.900. The number of carbonyl (C=O) groups is 1. The molecule has 1 atom stereocenters. The highest BCUT2D eigenvalue weighted by Gasteiger charge is 2.49. The minimum Gasteiger partial charge on any atom is -0.444 e. The van der Waals surface area contributed by atoms with Crippen molar-refractivity contribution < 1.29 is 23.4 Å². The molecule has 0 aromatic heterocycles. The number of aliphatic hydroxyl groups excluding tert-OH is 1. The number of likely N-dealkylation sites (tertiary alicyclic amines) is 1. The highest BCUT2D eigenvalue weighted by atomic mass is 19.3. The third-order valence-corrected chi connectivity index (χ3v) is 2.31. The number of halogens is 2. The van der Waals surface area contributed by atoms with Gasteiger partial charge in [-0.3, -0.25) is 0 Å². The molecule has 1 amide bonds. The van der Waals surface area contributed by atoms with Crippen molar-refractivity contribution in [2.75, 3.05) is 19.7 Å². The molecule has 0 spiro atoms. The van der Waals surface area contributed by atoms with Crippen LogP contribution in [0.25, 0.3) is 0 Å². The molecule has 1 saturated heterocycles. The number of amides is 1. The first-order valence-electron chi connectivity index (χ1n) is 5.12. The van der Waals surface area contributed by atoms with Gasteiger partial charge >= 0.3 is 6.09 Å². The molecule has 1 rings (SSSR count). The van der Waals surface area contributed by atoms with Crippen LogP contribution in [-0.4, -0.2) is 47.3 Å². The van der Waals surface area contributed by atoms with Gasteiger partial charge in [0.2, 0.25) is 0 Å². The Morgan fingerprint density at radius 1 is 1.56 bits per heavy atom. The summed E-state index contributed by atoms with van der Waals surface area (Å²) in [4.78, 5) is 12.4. The maximum absolute atomic E-state index is 13.2. The van der Waals surface area contributed by atoms with Gasteiger partial charge < -0.3 is 14.7 Å². The van der Waals surface area contributed by atoms with E-state index in [-0.39, 0.29) is 6.54 Å². The summed E-state index contributed by atoms with van der Waals surface area (Å²) >= 11 is 0. The van der Waals surface area contributed by atoms with Crippen molar-refractivity contribution >= 4 is 6.09 Å². The molecular weight excluding hydrogens is 220 g/mol. The Hall–Kier alpha value is -0.910. The third kappa shape index (κ3) is 3.04. The first-order valence-corrected chi connectivity index (χ1v) is 5.12. The van der Waals surface area contributed by atoms with Gasteiger partial charge in [0.1, 0.15) is 5.60 Å². The second kappa shape index (κ2) is 4.16. The largest absolute Gasteiger partial charge is 0.444 e. The SMILES string of the molecule is CC(C)(C)OC(=O)N1C[C@@H](CO)C(F)(F)C1. The van der Waals surface area contributed by atoms with E-state index in [9.17, 15) is 13.6 Å². The molecule has 16 heavy (non-hydrogen) atoms. The lowest BCUT2D eigenvalue weighted by molar-refractivity contribution is -0.0445. The normalized spacial score (nSPS) is 24.6. The van der Waals surface area contributed by atoms with E-state index in [2.05, 4.69) is 0 Å². The lowest BCUT2D eigenvalue weighted by Crippen LogP contribution is -2.36. The number of aliphatic hydroxyl groups is 1. The van der Waals surface area contributed by atoms with Gasteiger partial charge in [0.15, 0.2) is 0 Å². The number of hydrogen-bond acceptors (Lipinski definition) is 3. The summed E-state index contributed by atoms with van der Waals surface area (Å²) in [6.45, 7) is 3.52. The first kappa shape index (κ1) is 13.2. The van der Waals surface area contributed by atoms with Crippen molar-refractivity contribution in [3.63, 3.8) is 0 Å². The van der Waals surface area contributed by atoms with Gasteiger partial charge in [-0.2, -0.15) is 0 Å². The van der Waals surface area contributed by atoms with E-state index >= 15 is 0 Å². The number of carbonyl (C=O) groups excluding carboxylic acids is 1. The topological polar surface area (TPSA) is 49.8 Å². The van der Waals surface area contributed by atoms with Gasteiger partial charge in [0, 0.05) is 6.54 Å². The fourth-order valence-electron chi connectivity index (χ4n) is 1.50. The summed E-state index contributed by atoms with van der Waals surface area (Å²) < 4.78 is 31.5. The Bertz CT molecular complexity index is 276. The van der Waals surface area contributed by atoms with Gasteiger partial charge in [0.25, 0.3) is 5.92 Å². The summed E-state index contributed by atoms with van der Waals surface area (Å²) in [5.74, 6) is -4.23. The predicted octanol–water partition coefficient (Wildman–Crippen LogP) is 1.48. The molecule has 1 fully saturated rings. The second-order valence-corrected chi connectivity index (χ2v) is 5.00. The molecule has 0 aromatic carbocycles. The molecular formula is C10H17F2NO3. The van der Waals surface area contributed by atoms with Crippen LogP contribution >= 0.6 is 0 Å². The fourth-order valence-corrected chi connectivity index (χ4v) is 1.50. The van der Waals surface area contributed by atoms with E-state index in [4.69, 9.17) is 9.84 Å². The molecule has 94 valence electrons. The number of hydrogen-bond donors (Lipinski definition) is 1. The number of ether oxygens (including phenoxy) is 1. The van der Waals surface area contributed by atoms with E-state index in [1.165, 1.54) is 0 Å². The average Bonchev–Trinajstić information content (AvgIpc) is 2.37. The monoisotopic (exact) mass is 237 g/mol. The predicted molar refractivity (Wildman–Crippen MR) is 53.3 cm³/mol. The van der Waals surface area contributed by atoms with Crippen LogP contribution in [0.1, 0.15) is 20.8 Å². The Labute approximate surface area is 93.2 Å². The van der Waals surface area contributed by atoms with Crippen molar-refractivity contribution in [1.82, 2.24) is 4.90 Å². The summed E-state index contributed by atoms with van der Waals surface area (Å²) in [5.41, 5.74) is -0.705. The Morgan fingerprint density at radius 2 is 2.12 bits per heavy atom. The van der Waals surface area contributed by atoms with Gasteiger partial charge in [-0.1, -0.05) is 0 Å². The Morgan fingerprint density at radius 3 is 2.50 bits per heavy atom. The molecule has 6 heteroatoms. The highest BCUT2D eigenvalue weighted by Crippen LogP contribution is 2.33. The van der Waals surface area contributed by atoms with Crippen molar-refractivity contribution in [1.29, 1.82) is 0 Å². The first-order chi connectivity index (χ1) is 7.15. The summed E-state index contributed by atoms with van der Waals surface area (Å²) in [6.07, 6.45) is -0.761. The molecule has 0 bridgehead atoms. The quantitative estimate of drug-likeness (QED) is 0.751. The number of alkyl halides is 2. The van der Waals surface area contributed by atoms with Gasteiger partial charge in [-0.25, -0.2) is 13.6 Å². The maximum atomic E-state index is 13.2. The molecule has 1 aliphatic heterocycles. The van der Waals surface area contributed by atoms with Crippen LogP contribution in [0.3, 0.4) is 0 Å². The third-order valence-electron chi connectivity index (χ3n) is 2.31. The number of nitrogens with zero attached hydrogens (tertiary/aromatic N) is 1. The van der Waals surface area contributed by atoms with Crippen LogP contribution in [0.5, 0.6) is 0 Å². The second-order valence-electron chi connectivity index (χ2n) is 5.00. The van der Waals surface area contributed by atoms with Crippen molar-refractivity contribution in [2.24, 2.45) is 5.92 Å². The zero-order chi connectivity index (χ0) is 12.6. The average molecular weight is 237 g/mol. The molecule has 4 nitrogen and oxygen atoms in total. The number of rotatable bonds is 1. The van der Waals surface area contributed by atoms with Gasteiger partial charge in [0.05, 0.1) is 19.1 Å². The van der Waals surface area contributed by atoms with Crippen LogP contribution in [0.15, 0.2) is 0 Å². The molecule has 1 heterocycles.